The zero-order valence-electron chi connectivity index (χ0n) is 28.5. The molecule has 0 aliphatic heterocycles. The van der Waals surface area contributed by atoms with E-state index in [0.717, 1.165) is 0 Å². The summed E-state index contributed by atoms with van der Waals surface area (Å²) in [5, 5.41) is 1.08. The van der Waals surface area contributed by atoms with Crippen molar-refractivity contribution in [2.24, 2.45) is 0 Å². The van der Waals surface area contributed by atoms with Crippen molar-refractivity contribution in [3.8, 4) is 45.3 Å². The van der Waals surface area contributed by atoms with E-state index in [0.29, 0.717) is 28.2 Å². The Labute approximate surface area is 329 Å². The molecule has 0 saturated heterocycles. The van der Waals surface area contributed by atoms with Gasteiger partial charge in [0.05, 0.1) is 0 Å². The summed E-state index contributed by atoms with van der Waals surface area (Å²) in [6, 6.07) is 18.7. The maximum absolute atomic E-state index is 7.09. The van der Waals surface area contributed by atoms with Crippen molar-refractivity contribution in [3.05, 3.63) is 60.7 Å². The van der Waals surface area contributed by atoms with Gasteiger partial charge in [-0.05, 0) is 16.3 Å². The summed E-state index contributed by atoms with van der Waals surface area (Å²) in [7, 11) is 85.6. The molecule has 17 heteroatoms. The van der Waals surface area contributed by atoms with E-state index in [1.54, 1.807) is 0 Å². The minimum atomic E-state index is -0.0337. The number of furan rings is 1. The molecule has 0 spiro atoms. The topological polar surface area (TPSA) is 51.8 Å². The molecule has 6 aromatic carbocycles. The van der Waals surface area contributed by atoms with Crippen molar-refractivity contribution < 1.29 is 4.42 Å². The average molecular weight is 653 g/mol. The van der Waals surface area contributed by atoms with Crippen LogP contribution in [0.2, 0.25) is 0 Å². The summed E-state index contributed by atoms with van der Waals surface area (Å²) >= 11 is 0. The second-order valence-corrected chi connectivity index (χ2v) is 12.8. The average Bonchev–Trinajstić information content (AvgIpc) is 3.57. The van der Waals surface area contributed by atoms with E-state index in [1.807, 2.05) is 60.7 Å². The lowest BCUT2D eigenvalue weighted by Crippen LogP contribution is -2.55. The van der Waals surface area contributed by atoms with Crippen LogP contribution in [0.4, 0.5) is 0 Å². The predicted octanol–water partition coefficient (Wildman–Crippen LogP) is -6.09. The number of rotatable bonds is 4. The van der Waals surface area contributed by atoms with E-state index in [-0.39, 0.29) is 121 Å². The summed E-state index contributed by atoms with van der Waals surface area (Å²) in [6.07, 6.45) is 0. The first-order chi connectivity index (χ1) is 25.7. The van der Waals surface area contributed by atoms with Crippen molar-refractivity contribution in [1.82, 2.24) is 15.0 Å². The Balaban J connectivity index is 1.66. The van der Waals surface area contributed by atoms with E-state index < -0.39 is 0 Å². The van der Waals surface area contributed by atoms with Gasteiger partial charge in [0.25, 0.3) is 0 Å². The number of aromatic nitrogens is 3. The van der Waals surface area contributed by atoms with Gasteiger partial charge in [0.1, 0.15) is 113 Å². The second-order valence-electron chi connectivity index (χ2n) is 12.8. The minimum absolute atomic E-state index is 0.000822. The Morgan fingerprint density at radius 3 is 1.20 bits per heavy atom. The molecule has 26 radical (unpaired) electrons. The highest BCUT2D eigenvalue weighted by Gasteiger charge is 2.29. The lowest BCUT2D eigenvalue weighted by Gasteiger charge is -2.25. The number of hydrogen-bond donors (Lipinski definition) is 0. The molecule has 0 aliphatic rings. The lowest BCUT2D eigenvalue weighted by atomic mass is 9.58. The Morgan fingerprint density at radius 2 is 0.685 bits per heavy atom. The Morgan fingerprint density at radius 1 is 0.296 bits per heavy atom. The molecule has 0 atom stereocenters. The van der Waals surface area contributed by atoms with Crippen molar-refractivity contribution in [3.63, 3.8) is 0 Å². The van der Waals surface area contributed by atoms with Gasteiger partial charge in [-0.3, -0.25) is 0 Å². The van der Waals surface area contributed by atoms with Gasteiger partial charge >= 0.3 is 0 Å². The Kier molecular flexibility index (Phi) is 8.87. The van der Waals surface area contributed by atoms with Gasteiger partial charge in [-0.25, -0.2) is 15.0 Å². The van der Waals surface area contributed by atoms with Crippen LogP contribution in [-0.4, -0.2) is 117 Å². The molecule has 2 aromatic heterocycles. The van der Waals surface area contributed by atoms with E-state index in [1.165, 1.54) is 0 Å². The van der Waals surface area contributed by atoms with Crippen molar-refractivity contribution in [2.75, 3.05) is 0 Å². The van der Waals surface area contributed by atoms with Crippen LogP contribution in [0.1, 0.15) is 0 Å². The van der Waals surface area contributed by atoms with Gasteiger partial charge < -0.3 is 4.42 Å². The zero-order valence-corrected chi connectivity index (χ0v) is 28.5. The van der Waals surface area contributed by atoms with Crippen molar-refractivity contribution >= 4 is 206 Å². The van der Waals surface area contributed by atoms with Crippen LogP contribution in [-0.2, 0) is 0 Å². The molecule has 8 rings (SSSR count). The molecule has 0 aliphatic carbocycles. The van der Waals surface area contributed by atoms with E-state index in [4.69, 9.17) is 121 Å². The van der Waals surface area contributed by atoms with Crippen LogP contribution in [0.3, 0.4) is 0 Å². The molecular formula is C37H10B13N3O. The smallest absolute Gasteiger partial charge is 0.164 e. The molecule has 218 valence electrons. The maximum Gasteiger partial charge on any atom is 0.164 e. The van der Waals surface area contributed by atoms with Crippen molar-refractivity contribution in [2.45, 2.75) is 0 Å². The molecule has 0 unspecified atom stereocenters. The third kappa shape index (κ3) is 5.21. The SMILES string of the molecule is [B]c1c([B])c([B])c(-c2c([B])c([B])c(-c3nc(-c4ccccc4)nc(-c4ccccc4)n3)c3c2oc2c([B])c([B])c4c([B])c([B])c([B])c([B])c4c23)c([B])c1[B]. The van der Waals surface area contributed by atoms with E-state index >= 15 is 0 Å². The highest BCUT2D eigenvalue weighted by molar-refractivity contribution is 6.72. The van der Waals surface area contributed by atoms with Crippen LogP contribution in [0.15, 0.2) is 65.1 Å². The molecule has 0 amide bonds. The summed E-state index contributed by atoms with van der Waals surface area (Å²) in [5.74, 6) is 0.788. The second kappa shape index (κ2) is 13.2. The van der Waals surface area contributed by atoms with Gasteiger partial charge in [0, 0.05) is 33.0 Å². The molecule has 0 saturated carbocycles. The molecule has 0 fully saturated rings. The van der Waals surface area contributed by atoms with Gasteiger partial charge in [-0.1, -0.05) is 104 Å². The fraction of sp³-hybridized carbons (Fsp3) is 0. The first-order valence-electron chi connectivity index (χ1n) is 16.3. The minimum Gasteiger partial charge on any atom is -0.456 e. The van der Waals surface area contributed by atoms with Crippen LogP contribution in [0, 0.1) is 0 Å². The zero-order chi connectivity index (χ0) is 38.5. The predicted molar refractivity (Wildman–Crippen MR) is 236 cm³/mol. The molecule has 4 nitrogen and oxygen atoms in total. The highest BCUT2D eigenvalue weighted by Crippen LogP contribution is 2.40. The first-order valence-corrected chi connectivity index (χ1v) is 16.3. The quantitative estimate of drug-likeness (QED) is 0.178. The molecule has 8 aromatic rings. The molecule has 2 heterocycles. The maximum atomic E-state index is 7.09. The number of fused-ring (bicyclic) bond motifs is 5. The van der Waals surface area contributed by atoms with Gasteiger partial charge in [0.15, 0.2) is 17.5 Å². The standard InChI is InChI=1S/C37H10B13N3O/c38-20-13-14-15-19(37-52-35(11-7-3-1-4-8-11)51-36(53-37)12-9-5-2-6-10-12)26(44)25(43)18(17-22(40)29(47)31(49)30(48)23(17)41)33(15)54-34(14)32(50)24(42)16(13)21(39)28(46)27(20)45/h1-10H. The van der Waals surface area contributed by atoms with E-state index in [2.05, 4.69) is 0 Å². The molecular weight excluding hydrogens is 643 g/mol. The van der Waals surface area contributed by atoms with Crippen LogP contribution in [0.5, 0.6) is 0 Å². The molecule has 0 N–H and O–H groups in total. The van der Waals surface area contributed by atoms with E-state index in [9.17, 15) is 0 Å². The largest absolute Gasteiger partial charge is 0.456 e. The third-order valence-electron chi connectivity index (χ3n) is 9.80. The van der Waals surface area contributed by atoms with Gasteiger partial charge in [-0.2, -0.15) is 0 Å². The fourth-order valence-corrected chi connectivity index (χ4v) is 6.95. The third-order valence-corrected chi connectivity index (χ3v) is 9.80. The monoisotopic (exact) mass is 655 g/mol. The van der Waals surface area contributed by atoms with Crippen LogP contribution in [0.25, 0.3) is 78.0 Å². The Bertz CT molecular complexity index is 2830. The number of nitrogens with zero attached hydrogens (tertiary/aromatic N) is 3. The van der Waals surface area contributed by atoms with Crippen LogP contribution < -0.4 is 71.0 Å². The summed E-state index contributed by atoms with van der Waals surface area (Å²) < 4.78 is 6.67. The summed E-state index contributed by atoms with van der Waals surface area (Å²) in [4.78, 5) is 14.7. The van der Waals surface area contributed by atoms with Crippen LogP contribution >= 0.6 is 0 Å². The van der Waals surface area contributed by atoms with Crippen molar-refractivity contribution in [1.29, 1.82) is 0 Å². The van der Waals surface area contributed by atoms with Gasteiger partial charge in [0.2, 0.25) is 0 Å². The number of hydrogen-bond acceptors (Lipinski definition) is 4. The lowest BCUT2D eigenvalue weighted by molar-refractivity contribution is 0.673. The number of benzene rings is 6. The van der Waals surface area contributed by atoms with Gasteiger partial charge in [-0.15, -0.1) is 27.3 Å². The first kappa shape index (κ1) is 36.2. The molecule has 0 bridgehead atoms. The highest BCUT2D eigenvalue weighted by atomic mass is 16.3. The summed E-state index contributed by atoms with van der Waals surface area (Å²) in [5.41, 5.74) is 1.98. The molecule has 54 heavy (non-hydrogen) atoms. The summed E-state index contributed by atoms with van der Waals surface area (Å²) in [6.45, 7) is 0. The normalized spacial score (nSPS) is 11.6. The Hall–Kier alpha value is -4.77. The fourth-order valence-electron chi connectivity index (χ4n) is 6.95.